The monoisotopic (exact) mass is 256 g/mol. The Labute approximate surface area is 107 Å². The van der Waals surface area contributed by atoms with Crippen molar-refractivity contribution in [3.8, 4) is 11.5 Å². The van der Waals surface area contributed by atoms with Crippen LogP contribution >= 0.6 is 11.6 Å². The first-order valence-corrected chi connectivity index (χ1v) is 5.86. The van der Waals surface area contributed by atoms with E-state index < -0.39 is 0 Å². The molecule has 4 heteroatoms. The molecule has 94 valence electrons. The standard InChI is InChI=1S/C13H17ClO3/c1-9(15)5-4-6-10-7-11(14)13(17-3)8-12(10)16-2/h7-8H,4-6H2,1-3H3. The molecule has 0 unspecified atom stereocenters. The molecule has 0 bridgehead atoms. The molecule has 1 rings (SSSR count). The topological polar surface area (TPSA) is 35.5 Å². The predicted molar refractivity (Wildman–Crippen MR) is 68.2 cm³/mol. The van der Waals surface area contributed by atoms with Gasteiger partial charge in [-0.3, -0.25) is 0 Å². The van der Waals surface area contributed by atoms with Crippen LogP contribution in [0.1, 0.15) is 25.3 Å². The van der Waals surface area contributed by atoms with Gasteiger partial charge in [-0.1, -0.05) is 11.6 Å². The minimum Gasteiger partial charge on any atom is -0.496 e. The van der Waals surface area contributed by atoms with Gasteiger partial charge in [0.25, 0.3) is 0 Å². The molecule has 1 aromatic carbocycles. The Hall–Kier alpha value is -1.22. The molecular weight excluding hydrogens is 240 g/mol. The number of Topliss-reactive ketones (excluding diaryl/α,β-unsaturated/α-hetero) is 1. The van der Waals surface area contributed by atoms with Crippen molar-refractivity contribution in [1.29, 1.82) is 0 Å². The first kappa shape index (κ1) is 13.8. The van der Waals surface area contributed by atoms with Crippen LogP contribution in [0.15, 0.2) is 12.1 Å². The van der Waals surface area contributed by atoms with Gasteiger partial charge in [-0.2, -0.15) is 0 Å². The Balaban J connectivity index is 2.83. The van der Waals surface area contributed by atoms with Crippen LogP contribution in [-0.4, -0.2) is 20.0 Å². The van der Waals surface area contributed by atoms with Gasteiger partial charge in [0, 0.05) is 12.5 Å². The molecule has 0 radical (unpaired) electrons. The molecule has 0 saturated carbocycles. The van der Waals surface area contributed by atoms with Crippen LogP contribution in [0.25, 0.3) is 0 Å². The lowest BCUT2D eigenvalue weighted by Gasteiger charge is -2.11. The van der Waals surface area contributed by atoms with Crippen molar-refractivity contribution in [3.05, 3.63) is 22.7 Å². The average molecular weight is 257 g/mol. The van der Waals surface area contributed by atoms with Gasteiger partial charge in [0.1, 0.15) is 17.3 Å². The minimum absolute atomic E-state index is 0.198. The number of methoxy groups -OCH3 is 2. The molecule has 1 aromatic rings. The van der Waals surface area contributed by atoms with Crippen LogP contribution in [0.4, 0.5) is 0 Å². The predicted octanol–water partition coefficient (Wildman–Crippen LogP) is 3.27. The Morgan fingerprint density at radius 1 is 1.24 bits per heavy atom. The van der Waals surface area contributed by atoms with E-state index in [1.165, 1.54) is 0 Å². The maximum absolute atomic E-state index is 10.9. The van der Waals surface area contributed by atoms with Crippen molar-refractivity contribution in [1.82, 2.24) is 0 Å². The summed E-state index contributed by atoms with van der Waals surface area (Å²) in [5, 5.41) is 0.561. The summed E-state index contributed by atoms with van der Waals surface area (Å²) in [6.45, 7) is 1.60. The third kappa shape index (κ3) is 3.93. The lowest BCUT2D eigenvalue weighted by Crippen LogP contribution is -1.97. The quantitative estimate of drug-likeness (QED) is 0.784. The highest BCUT2D eigenvalue weighted by Crippen LogP contribution is 2.33. The fraction of sp³-hybridized carbons (Fsp3) is 0.462. The molecule has 0 saturated heterocycles. The van der Waals surface area contributed by atoms with Crippen LogP contribution < -0.4 is 9.47 Å². The van der Waals surface area contributed by atoms with Gasteiger partial charge < -0.3 is 14.3 Å². The Morgan fingerprint density at radius 2 is 1.88 bits per heavy atom. The van der Waals surface area contributed by atoms with Crippen LogP contribution in [0, 0.1) is 0 Å². The highest BCUT2D eigenvalue weighted by atomic mass is 35.5. The largest absolute Gasteiger partial charge is 0.496 e. The van der Waals surface area contributed by atoms with E-state index in [4.69, 9.17) is 21.1 Å². The maximum Gasteiger partial charge on any atom is 0.141 e. The first-order chi connectivity index (χ1) is 8.08. The third-order valence-electron chi connectivity index (χ3n) is 2.53. The maximum atomic E-state index is 10.9. The van der Waals surface area contributed by atoms with Gasteiger partial charge in [-0.15, -0.1) is 0 Å². The van der Waals surface area contributed by atoms with E-state index in [1.807, 2.05) is 6.07 Å². The molecule has 0 aliphatic carbocycles. The van der Waals surface area contributed by atoms with Gasteiger partial charge >= 0.3 is 0 Å². The van der Waals surface area contributed by atoms with E-state index >= 15 is 0 Å². The van der Waals surface area contributed by atoms with Gasteiger partial charge in [0.15, 0.2) is 0 Å². The van der Waals surface area contributed by atoms with Crippen molar-refractivity contribution < 1.29 is 14.3 Å². The molecule has 0 heterocycles. The van der Waals surface area contributed by atoms with E-state index in [0.29, 0.717) is 17.2 Å². The molecule has 3 nitrogen and oxygen atoms in total. The Bertz CT molecular complexity index is 402. The fourth-order valence-corrected chi connectivity index (χ4v) is 1.91. The smallest absolute Gasteiger partial charge is 0.141 e. The highest BCUT2D eigenvalue weighted by molar-refractivity contribution is 6.32. The van der Waals surface area contributed by atoms with E-state index in [2.05, 4.69) is 0 Å². The molecule has 17 heavy (non-hydrogen) atoms. The zero-order valence-corrected chi connectivity index (χ0v) is 11.1. The fourth-order valence-electron chi connectivity index (χ4n) is 1.65. The van der Waals surface area contributed by atoms with Gasteiger partial charge in [0.2, 0.25) is 0 Å². The summed E-state index contributed by atoms with van der Waals surface area (Å²) in [4.78, 5) is 10.9. The van der Waals surface area contributed by atoms with Crippen LogP contribution in [0.3, 0.4) is 0 Å². The second-order valence-electron chi connectivity index (χ2n) is 3.85. The molecule has 0 spiro atoms. The number of rotatable bonds is 6. The van der Waals surface area contributed by atoms with Crippen LogP contribution in [-0.2, 0) is 11.2 Å². The highest BCUT2D eigenvalue weighted by Gasteiger charge is 2.09. The molecule has 0 amide bonds. The number of carbonyl (C=O) groups excluding carboxylic acids is 1. The lowest BCUT2D eigenvalue weighted by atomic mass is 10.1. The normalized spacial score (nSPS) is 10.1. The number of benzene rings is 1. The second kappa shape index (κ2) is 6.50. The Morgan fingerprint density at radius 3 is 2.41 bits per heavy atom. The SMILES string of the molecule is COc1cc(OC)c(CCCC(C)=O)cc1Cl. The molecule has 0 aliphatic rings. The number of hydrogen-bond acceptors (Lipinski definition) is 3. The molecule has 0 aromatic heterocycles. The van der Waals surface area contributed by atoms with Gasteiger partial charge in [-0.05, 0) is 31.4 Å². The summed E-state index contributed by atoms with van der Waals surface area (Å²) in [5.41, 5.74) is 1.000. The van der Waals surface area contributed by atoms with E-state index in [0.717, 1.165) is 24.2 Å². The number of aryl methyl sites for hydroxylation is 1. The Kier molecular flexibility index (Phi) is 5.29. The van der Waals surface area contributed by atoms with Crippen molar-refractivity contribution in [2.45, 2.75) is 26.2 Å². The third-order valence-corrected chi connectivity index (χ3v) is 2.83. The molecule has 0 fully saturated rings. The summed E-state index contributed by atoms with van der Waals surface area (Å²) in [5.74, 6) is 1.54. The average Bonchev–Trinajstić information content (AvgIpc) is 2.29. The lowest BCUT2D eigenvalue weighted by molar-refractivity contribution is -0.117. The molecular formula is C13H17ClO3. The molecule has 0 atom stereocenters. The van der Waals surface area contributed by atoms with Crippen LogP contribution in [0.5, 0.6) is 11.5 Å². The summed E-state index contributed by atoms with van der Waals surface area (Å²) in [7, 11) is 3.17. The number of ether oxygens (including phenoxy) is 2. The van der Waals surface area contributed by atoms with Gasteiger partial charge in [-0.25, -0.2) is 0 Å². The first-order valence-electron chi connectivity index (χ1n) is 5.48. The number of carbonyl (C=O) groups is 1. The summed E-state index contributed by atoms with van der Waals surface area (Å²) in [6, 6.07) is 3.60. The van der Waals surface area contributed by atoms with Crippen molar-refractivity contribution in [3.63, 3.8) is 0 Å². The summed E-state index contributed by atoms with van der Waals surface area (Å²) >= 11 is 6.05. The second-order valence-corrected chi connectivity index (χ2v) is 4.26. The van der Waals surface area contributed by atoms with E-state index in [1.54, 1.807) is 27.2 Å². The summed E-state index contributed by atoms with van der Waals surface area (Å²) in [6.07, 6.45) is 2.15. The molecule has 0 aliphatic heterocycles. The number of hydrogen-bond donors (Lipinski definition) is 0. The minimum atomic E-state index is 0.198. The van der Waals surface area contributed by atoms with Crippen LogP contribution in [0.2, 0.25) is 5.02 Å². The van der Waals surface area contributed by atoms with Gasteiger partial charge in [0.05, 0.1) is 19.2 Å². The number of halogens is 1. The van der Waals surface area contributed by atoms with Crippen molar-refractivity contribution >= 4 is 17.4 Å². The van der Waals surface area contributed by atoms with E-state index in [-0.39, 0.29) is 5.78 Å². The number of ketones is 1. The summed E-state index contributed by atoms with van der Waals surface area (Å²) < 4.78 is 10.4. The van der Waals surface area contributed by atoms with Crippen molar-refractivity contribution in [2.24, 2.45) is 0 Å². The van der Waals surface area contributed by atoms with Crippen molar-refractivity contribution in [2.75, 3.05) is 14.2 Å². The van der Waals surface area contributed by atoms with E-state index in [9.17, 15) is 4.79 Å². The zero-order chi connectivity index (χ0) is 12.8. The zero-order valence-electron chi connectivity index (χ0n) is 10.4. The molecule has 0 N–H and O–H groups in total.